The van der Waals surface area contributed by atoms with Gasteiger partial charge in [-0.05, 0) is 47.9 Å². The van der Waals surface area contributed by atoms with Gasteiger partial charge in [-0.3, -0.25) is 4.79 Å². The van der Waals surface area contributed by atoms with Crippen LogP contribution in [0.25, 0.3) is 10.8 Å². The average Bonchev–Trinajstić information content (AvgIpc) is 2.66. The predicted octanol–water partition coefficient (Wildman–Crippen LogP) is 4.32. The highest BCUT2D eigenvalue weighted by atomic mass is 16.5. The number of fused-ring (bicyclic) bond motifs is 1. The minimum Gasteiger partial charge on any atom is -0.466 e. The van der Waals surface area contributed by atoms with E-state index in [1.54, 1.807) is 0 Å². The number of esters is 1. The molecular weight excluding hydrogens is 322 g/mol. The SMILES string of the molecule is CCOC(=O)CCc1ccc(N)c(C#Cc2cccc3ccccc23)c1. The van der Waals surface area contributed by atoms with E-state index >= 15 is 0 Å². The van der Waals surface area contributed by atoms with Crippen LogP contribution >= 0.6 is 0 Å². The Kier molecular flexibility index (Phi) is 5.56. The number of nitrogen functional groups attached to an aromatic ring is 1. The summed E-state index contributed by atoms with van der Waals surface area (Å²) in [5.41, 5.74) is 9.48. The van der Waals surface area contributed by atoms with Gasteiger partial charge in [0.25, 0.3) is 0 Å². The van der Waals surface area contributed by atoms with Crippen LogP contribution in [0.15, 0.2) is 60.7 Å². The van der Waals surface area contributed by atoms with Crippen LogP contribution in [0, 0.1) is 11.8 Å². The third-order valence-electron chi connectivity index (χ3n) is 4.16. The first-order valence-electron chi connectivity index (χ1n) is 8.71. The molecule has 2 N–H and O–H groups in total. The summed E-state index contributed by atoms with van der Waals surface area (Å²) in [5, 5.41) is 2.29. The molecule has 26 heavy (non-hydrogen) atoms. The molecule has 0 saturated heterocycles. The molecule has 0 spiro atoms. The van der Waals surface area contributed by atoms with Gasteiger partial charge in [-0.25, -0.2) is 0 Å². The van der Waals surface area contributed by atoms with Gasteiger partial charge in [0.2, 0.25) is 0 Å². The topological polar surface area (TPSA) is 52.3 Å². The lowest BCUT2D eigenvalue weighted by molar-refractivity contribution is -0.143. The maximum absolute atomic E-state index is 11.5. The minimum absolute atomic E-state index is 0.187. The smallest absolute Gasteiger partial charge is 0.306 e. The highest BCUT2D eigenvalue weighted by molar-refractivity contribution is 5.88. The van der Waals surface area contributed by atoms with Crippen molar-refractivity contribution >= 4 is 22.4 Å². The molecule has 0 aliphatic rings. The van der Waals surface area contributed by atoms with E-state index in [0.717, 1.165) is 27.5 Å². The van der Waals surface area contributed by atoms with Crippen molar-refractivity contribution in [2.45, 2.75) is 19.8 Å². The average molecular weight is 343 g/mol. The van der Waals surface area contributed by atoms with Gasteiger partial charge in [-0.15, -0.1) is 0 Å². The van der Waals surface area contributed by atoms with E-state index in [2.05, 4.69) is 30.0 Å². The van der Waals surface area contributed by atoms with Crippen molar-refractivity contribution in [3.05, 3.63) is 77.4 Å². The fraction of sp³-hybridized carbons (Fsp3) is 0.174. The Balaban J connectivity index is 1.85. The summed E-state index contributed by atoms with van der Waals surface area (Å²) in [5.74, 6) is 6.23. The predicted molar refractivity (Wildman–Crippen MR) is 106 cm³/mol. The second kappa shape index (κ2) is 8.22. The molecule has 3 heteroatoms. The quantitative estimate of drug-likeness (QED) is 0.436. The molecule has 0 fully saturated rings. The monoisotopic (exact) mass is 343 g/mol. The van der Waals surface area contributed by atoms with E-state index in [1.807, 2.05) is 49.4 Å². The molecule has 130 valence electrons. The Morgan fingerprint density at radius 1 is 1.00 bits per heavy atom. The fourth-order valence-electron chi connectivity index (χ4n) is 2.82. The van der Waals surface area contributed by atoms with E-state index in [1.165, 1.54) is 0 Å². The molecule has 3 nitrogen and oxygen atoms in total. The highest BCUT2D eigenvalue weighted by Crippen LogP contribution is 2.19. The van der Waals surface area contributed by atoms with Crippen LogP contribution in [0.2, 0.25) is 0 Å². The Morgan fingerprint density at radius 2 is 1.77 bits per heavy atom. The molecule has 0 aliphatic heterocycles. The molecule has 0 unspecified atom stereocenters. The van der Waals surface area contributed by atoms with Crippen molar-refractivity contribution in [1.82, 2.24) is 0 Å². The van der Waals surface area contributed by atoms with Gasteiger partial charge in [0.1, 0.15) is 0 Å². The van der Waals surface area contributed by atoms with E-state index in [4.69, 9.17) is 10.5 Å². The lowest BCUT2D eigenvalue weighted by Gasteiger charge is -2.05. The van der Waals surface area contributed by atoms with Crippen molar-refractivity contribution in [2.75, 3.05) is 12.3 Å². The first kappa shape index (κ1) is 17.6. The third-order valence-corrected chi connectivity index (χ3v) is 4.16. The molecule has 0 amide bonds. The van der Waals surface area contributed by atoms with Gasteiger partial charge in [0.05, 0.1) is 6.61 Å². The van der Waals surface area contributed by atoms with E-state index in [0.29, 0.717) is 25.1 Å². The zero-order valence-corrected chi connectivity index (χ0v) is 14.8. The molecular formula is C23H21NO2. The summed E-state index contributed by atoms with van der Waals surface area (Å²) in [4.78, 5) is 11.5. The number of rotatable bonds is 4. The Hall–Kier alpha value is -3.25. The van der Waals surface area contributed by atoms with Crippen molar-refractivity contribution in [3.8, 4) is 11.8 Å². The Bertz CT molecular complexity index is 991. The molecule has 0 heterocycles. The maximum atomic E-state index is 11.5. The van der Waals surface area contributed by atoms with Gasteiger partial charge in [0, 0.05) is 23.2 Å². The standard InChI is InChI=1S/C23H21NO2/c1-2-26-23(25)15-11-17-10-14-22(24)20(16-17)13-12-19-8-5-7-18-6-3-4-9-21(18)19/h3-10,14,16H,2,11,15,24H2,1H3. The number of nitrogens with two attached hydrogens (primary N) is 1. The van der Waals surface area contributed by atoms with Gasteiger partial charge in [-0.1, -0.05) is 54.3 Å². The molecule has 3 aromatic rings. The zero-order chi connectivity index (χ0) is 18.4. The molecule has 0 atom stereocenters. The van der Waals surface area contributed by atoms with Crippen LogP contribution in [0.3, 0.4) is 0 Å². The summed E-state index contributed by atoms with van der Waals surface area (Å²) < 4.78 is 4.97. The van der Waals surface area contributed by atoms with Crippen LogP contribution in [0.4, 0.5) is 5.69 Å². The molecule has 0 saturated carbocycles. The maximum Gasteiger partial charge on any atom is 0.306 e. The zero-order valence-electron chi connectivity index (χ0n) is 14.8. The fourth-order valence-corrected chi connectivity index (χ4v) is 2.82. The molecule has 0 bridgehead atoms. The molecule has 0 aromatic heterocycles. The number of benzene rings is 3. The van der Waals surface area contributed by atoms with Gasteiger partial charge in [-0.2, -0.15) is 0 Å². The number of anilines is 1. The first-order chi connectivity index (χ1) is 12.7. The highest BCUT2D eigenvalue weighted by Gasteiger charge is 2.05. The number of carbonyl (C=O) groups is 1. The summed E-state index contributed by atoms with van der Waals surface area (Å²) in [6.07, 6.45) is 0.968. The molecule has 0 aliphatic carbocycles. The van der Waals surface area contributed by atoms with Gasteiger partial charge < -0.3 is 10.5 Å². The van der Waals surface area contributed by atoms with E-state index in [-0.39, 0.29) is 5.97 Å². The summed E-state index contributed by atoms with van der Waals surface area (Å²) in [6.45, 7) is 2.21. The number of carbonyl (C=O) groups excluding carboxylic acids is 1. The van der Waals surface area contributed by atoms with Gasteiger partial charge >= 0.3 is 5.97 Å². The number of aryl methyl sites for hydroxylation is 1. The van der Waals surface area contributed by atoms with E-state index in [9.17, 15) is 4.79 Å². The Morgan fingerprint density at radius 3 is 2.62 bits per heavy atom. The van der Waals surface area contributed by atoms with Crippen molar-refractivity contribution in [2.24, 2.45) is 0 Å². The summed E-state index contributed by atoms with van der Waals surface area (Å²) >= 11 is 0. The lowest BCUT2D eigenvalue weighted by atomic mass is 10.0. The third kappa shape index (κ3) is 4.23. The molecule has 0 radical (unpaired) electrons. The normalized spacial score (nSPS) is 10.2. The second-order valence-corrected chi connectivity index (χ2v) is 6.00. The number of hydrogen-bond donors (Lipinski definition) is 1. The van der Waals surface area contributed by atoms with Crippen molar-refractivity contribution in [3.63, 3.8) is 0 Å². The lowest BCUT2D eigenvalue weighted by Crippen LogP contribution is -2.05. The van der Waals surface area contributed by atoms with Crippen LogP contribution in [-0.2, 0) is 16.0 Å². The van der Waals surface area contributed by atoms with Crippen LogP contribution in [0.1, 0.15) is 30.0 Å². The van der Waals surface area contributed by atoms with E-state index < -0.39 is 0 Å². The Labute approximate surface area is 153 Å². The number of hydrogen-bond acceptors (Lipinski definition) is 3. The summed E-state index contributed by atoms with van der Waals surface area (Å²) in [6, 6.07) is 20.0. The van der Waals surface area contributed by atoms with Crippen LogP contribution < -0.4 is 5.73 Å². The van der Waals surface area contributed by atoms with Gasteiger partial charge in [0.15, 0.2) is 0 Å². The molecule has 3 rings (SSSR count). The largest absolute Gasteiger partial charge is 0.466 e. The first-order valence-corrected chi connectivity index (χ1v) is 8.71. The minimum atomic E-state index is -0.187. The van der Waals surface area contributed by atoms with Crippen LogP contribution in [-0.4, -0.2) is 12.6 Å². The summed E-state index contributed by atoms with van der Waals surface area (Å²) in [7, 11) is 0. The van der Waals surface area contributed by atoms with Crippen LogP contribution in [0.5, 0.6) is 0 Å². The second-order valence-electron chi connectivity index (χ2n) is 6.00. The number of ether oxygens (including phenoxy) is 1. The van der Waals surface area contributed by atoms with Crippen molar-refractivity contribution < 1.29 is 9.53 Å². The van der Waals surface area contributed by atoms with Crippen molar-refractivity contribution in [1.29, 1.82) is 0 Å². The molecule has 3 aromatic carbocycles.